The largest absolute Gasteiger partial charge is 0.416 e. The zero-order chi connectivity index (χ0) is 19.9. The van der Waals surface area contributed by atoms with Crippen molar-refractivity contribution in [2.24, 2.45) is 0 Å². The van der Waals surface area contributed by atoms with E-state index < -0.39 is 23.6 Å². The Morgan fingerprint density at radius 3 is 2.29 bits per heavy atom. The molecule has 0 spiro atoms. The Morgan fingerprint density at radius 2 is 1.61 bits per heavy atom. The lowest BCUT2D eigenvalue weighted by atomic mass is 9.92. The van der Waals surface area contributed by atoms with Crippen LogP contribution in [0.2, 0.25) is 0 Å². The van der Waals surface area contributed by atoms with Gasteiger partial charge in [-0.1, -0.05) is 30.3 Å². The van der Waals surface area contributed by atoms with Gasteiger partial charge in [0.15, 0.2) is 0 Å². The molecule has 0 radical (unpaired) electrons. The lowest BCUT2D eigenvalue weighted by Crippen LogP contribution is -2.41. The molecule has 0 bridgehead atoms. The lowest BCUT2D eigenvalue weighted by molar-refractivity contribution is -0.137. The maximum Gasteiger partial charge on any atom is 0.416 e. The first-order valence-electron chi connectivity index (χ1n) is 8.27. The Morgan fingerprint density at radius 1 is 0.857 bits per heavy atom. The molecule has 1 aliphatic rings. The molecule has 140 valence electrons. The van der Waals surface area contributed by atoms with Crippen molar-refractivity contribution in [1.82, 2.24) is 0 Å². The van der Waals surface area contributed by atoms with Gasteiger partial charge in [0.1, 0.15) is 0 Å². The summed E-state index contributed by atoms with van der Waals surface area (Å²) < 4.78 is 39.3. The third-order valence-electron chi connectivity index (χ3n) is 4.35. The summed E-state index contributed by atoms with van der Waals surface area (Å²) in [7, 11) is 0. The number of amides is 2. The van der Waals surface area contributed by atoms with Crippen molar-refractivity contribution < 1.29 is 22.8 Å². The van der Waals surface area contributed by atoms with Gasteiger partial charge in [-0.15, -0.1) is 11.3 Å². The van der Waals surface area contributed by atoms with Gasteiger partial charge in [-0.2, -0.15) is 13.2 Å². The van der Waals surface area contributed by atoms with Crippen molar-refractivity contribution in [2.75, 3.05) is 4.90 Å². The Balaban J connectivity index is 1.88. The second-order valence-electron chi connectivity index (χ2n) is 6.11. The summed E-state index contributed by atoms with van der Waals surface area (Å²) in [5.74, 6) is -1.31. The highest BCUT2D eigenvalue weighted by Crippen LogP contribution is 2.36. The molecule has 2 heterocycles. The summed E-state index contributed by atoms with van der Waals surface area (Å²) in [6.45, 7) is 0. The average molecular weight is 399 g/mol. The number of rotatable bonds is 2. The number of imide groups is 1. The zero-order valence-corrected chi connectivity index (χ0v) is 15.1. The number of benzene rings is 2. The first-order valence-corrected chi connectivity index (χ1v) is 9.15. The lowest BCUT2D eigenvalue weighted by Gasteiger charge is -2.29. The van der Waals surface area contributed by atoms with Gasteiger partial charge in [0.25, 0.3) is 11.8 Å². The van der Waals surface area contributed by atoms with Crippen molar-refractivity contribution in [3.05, 3.63) is 87.6 Å². The minimum Gasteiger partial charge on any atom is -0.268 e. The fourth-order valence-corrected chi connectivity index (χ4v) is 3.72. The molecule has 0 aliphatic carbocycles. The standard InChI is InChI=1S/C21H12F3NO2S/c22-21(23,24)13-5-3-6-14(11-13)25-19(26)17-9-2-1-8-16(17)18(20(25)27)12-15-7-4-10-28-15/h1-12H/b18-12+. The highest BCUT2D eigenvalue weighted by molar-refractivity contribution is 7.11. The summed E-state index contributed by atoms with van der Waals surface area (Å²) in [4.78, 5) is 27.7. The van der Waals surface area contributed by atoms with Crippen molar-refractivity contribution in [1.29, 1.82) is 0 Å². The molecular weight excluding hydrogens is 387 g/mol. The summed E-state index contributed by atoms with van der Waals surface area (Å²) in [5, 5.41) is 1.85. The van der Waals surface area contributed by atoms with Crippen LogP contribution < -0.4 is 4.90 Å². The number of anilines is 1. The van der Waals surface area contributed by atoms with Crippen LogP contribution in [-0.4, -0.2) is 11.8 Å². The number of carbonyl (C=O) groups excluding carboxylic acids is 2. The molecule has 4 rings (SSSR count). The molecule has 0 saturated heterocycles. The molecule has 28 heavy (non-hydrogen) atoms. The first kappa shape index (κ1) is 18.2. The van der Waals surface area contributed by atoms with Gasteiger partial charge in [-0.25, -0.2) is 4.90 Å². The smallest absolute Gasteiger partial charge is 0.268 e. The minimum atomic E-state index is -4.58. The molecule has 2 amide bonds. The SMILES string of the molecule is O=C1/C(=C/c2cccs2)c2ccccc2C(=O)N1c1cccc(C(F)(F)F)c1. The molecule has 3 aromatic rings. The van der Waals surface area contributed by atoms with E-state index in [1.54, 1.807) is 30.3 Å². The van der Waals surface area contributed by atoms with E-state index in [0.29, 0.717) is 5.56 Å². The van der Waals surface area contributed by atoms with Crippen LogP contribution in [-0.2, 0) is 11.0 Å². The van der Waals surface area contributed by atoms with Crippen LogP contribution in [0.4, 0.5) is 18.9 Å². The van der Waals surface area contributed by atoms with E-state index in [9.17, 15) is 22.8 Å². The van der Waals surface area contributed by atoms with E-state index >= 15 is 0 Å². The fourth-order valence-electron chi connectivity index (χ4n) is 3.06. The maximum absolute atomic E-state index is 13.1. The quantitative estimate of drug-likeness (QED) is 0.422. The van der Waals surface area contributed by atoms with Crippen LogP contribution >= 0.6 is 11.3 Å². The normalized spacial score (nSPS) is 15.8. The Labute approximate surface area is 162 Å². The number of thiophene rings is 1. The van der Waals surface area contributed by atoms with Crippen molar-refractivity contribution in [3.8, 4) is 0 Å². The molecule has 2 aromatic carbocycles. The molecule has 0 atom stereocenters. The van der Waals surface area contributed by atoms with E-state index in [2.05, 4.69) is 0 Å². The van der Waals surface area contributed by atoms with Crippen LogP contribution in [0.15, 0.2) is 66.0 Å². The van der Waals surface area contributed by atoms with E-state index in [1.165, 1.54) is 23.5 Å². The second-order valence-corrected chi connectivity index (χ2v) is 7.09. The fraction of sp³-hybridized carbons (Fsp3) is 0.0476. The van der Waals surface area contributed by atoms with Crippen molar-refractivity contribution in [2.45, 2.75) is 6.18 Å². The molecule has 1 aliphatic heterocycles. The molecule has 0 unspecified atom stereocenters. The third-order valence-corrected chi connectivity index (χ3v) is 5.17. The van der Waals surface area contributed by atoms with E-state index in [1.807, 2.05) is 17.5 Å². The molecule has 0 N–H and O–H groups in total. The van der Waals surface area contributed by atoms with E-state index in [-0.39, 0.29) is 16.8 Å². The van der Waals surface area contributed by atoms with Crippen LogP contribution in [0.25, 0.3) is 11.6 Å². The van der Waals surface area contributed by atoms with Crippen molar-refractivity contribution >= 4 is 40.5 Å². The maximum atomic E-state index is 13.1. The number of nitrogens with zero attached hydrogens (tertiary/aromatic N) is 1. The van der Waals surface area contributed by atoms with E-state index in [0.717, 1.165) is 21.9 Å². The van der Waals surface area contributed by atoms with E-state index in [4.69, 9.17) is 0 Å². The van der Waals surface area contributed by atoms with Crippen LogP contribution in [0, 0.1) is 0 Å². The number of hydrogen-bond acceptors (Lipinski definition) is 3. The summed E-state index contributed by atoms with van der Waals surface area (Å²) in [6.07, 6.45) is -2.93. The highest BCUT2D eigenvalue weighted by Gasteiger charge is 2.37. The number of hydrogen-bond donors (Lipinski definition) is 0. The molecule has 0 saturated carbocycles. The average Bonchev–Trinajstić information content (AvgIpc) is 3.18. The van der Waals surface area contributed by atoms with Gasteiger partial charge in [-0.3, -0.25) is 9.59 Å². The molecule has 1 aromatic heterocycles. The van der Waals surface area contributed by atoms with Crippen LogP contribution in [0.1, 0.15) is 26.4 Å². The molecule has 0 fully saturated rings. The van der Waals surface area contributed by atoms with Gasteiger partial charge in [0.2, 0.25) is 0 Å². The molecule has 7 heteroatoms. The summed E-state index contributed by atoms with van der Waals surface area (Å²) in [5.41, 5.74) is -0.0452. The Bertz CT molecular complexity index is 1100. The zero-order valence-electron chi connectivity index (χ0n) is 14.2. The number of carbonyl (C=O) groups is 2. The predicted octanol–water partition coefficient (Wildman–Crippen LogP) is 5.49. The monoisotopic (exact) mass is 399 g/mol. The Hall–Kier alpha value is -3.19. The predicted molar refractivity (Wildman–Crippen MR) is 102 cm³/mol. The van der Waals surface area contributed by atoms with Crippen LogP contribution in [0.3, 0.4) is 0 Å². The molecular formula is C21H12F3NO2S. The topological polar surface area (TPSA) is 37.4 Å². The van der Waals surface area contributed by atoms with Gasteiger partial charge in [-0.05, 0) is 41.8 Å². The minimum absolute atomic E-state index is 0.114. The van der Waals surface area contributed by atoms with Gasteiger partial charge < -0.3 is 0 Å². The molecule has 3 nitrogen and oxygen atoms in total. The number of fused-ring (bicyclic) bond motifs is 1. The second kappa shape index (κ2) is 6.76. The number of alkyl halides is 3. The first-order chi connectivity index (χ1) is 13.4. The number of halogens is 3. The van der Waals surface area contributed by atoms with Crippen molar-refractivity contribution in [3.63, 3.8) is 0 Å². The summed E-state index contributed by atoms with van der Waals surface area (Å²) in [6, 6.07) is 14.4. The Kier molecular flexibility index (Phi) is 4.39. The van der Waals surface area contributed by atoms with Crippen LogP contribution in [0.5, 0.6) is 0 Å². The van der Waals surface area contributed by atoms with Gasteiger partial charge in [0, 0.05) is 21.6 Å². The third kappa shape index (κ3) is 3.14. The summed E-state index contributed by atoms with van der Waals surface area (Å²) >= 11 is 1.42. The van der Waals surface area contributed by atoms with Gasteiger partial charge in [0.05, 0.1) is 11.3 Å². The highest BCUT2D eigenvalue weighted by atomic mass is 32.1. The van der Waals surface area contributed by atoms with Gasteiger partial charge >= 0.3 is 6.18 Å².